The molecule has 5 rings (SSSR count). The van der Waals surface area contributed by atoms with E-state index >= 15 is 0 Å². The Kier molecular flexibility index (Phi) is 5.30. The normalized spacial score (nSPS) is 24.5. The molecule has 2 aliphatic heterocycles. The Morgan fingerprint density at radius 2 is 2.13 bits per heavy atom. The summed E-state index contributed by atoms with van der Waals surface area (Å²) in [5, 5.41) is 1.18. The summed E-state index contributed by atoms with van der Waals surface area (Å²) in [4.78, 5) is 35.6. The van der Waals surface area contributed by atoms with Crippen LogP contribution in [-0.4, -0.2) is 68.0 Å². The molecule has 160 valence electrons. The van der Waals surface area contributed by atoms with Crippen molar-refractivity contribution in [3.05, 3.63) is 30.6 Å². The van der Waals surface area contributed by atoms with Crippen LogP contribution in [0.1, 0.15) is 50.5 Å². The van der Waals surface area contributed by atoms with E-state index < -0.39 is 0 Å². The number of imidazole rings is 1. The van der Waals surface area contributed by atoms with Gasteiger partial charge in [0.25, 0.3) is 0 Å². The fourth-order valence-electron chi connectivity index (χ4n) is 4.63. The van der Waals surface area contributed by atoms with Crippen LogP contribution in [0.2, 0.25) is 0 Å². The fraction of sp³-hybridized carbons (Fsp3) is 0.619. The number of hydrogen-bond acceptors (Lipinski definition) is 7. The molecule has 2 atom stereocenters. The molecule has 2 aromatic rings. The molecule has 3 aliphatic rings. The summed E-state index contributed by atoms with van der Waals surface area (Å²) in [6.07, 6.45) is 11.5. The monoisotopic (exact) mass is 428 g/mol. The molecule has 9 heteroatoms. The van der Waals surface area contributed by atoms with Crippen molar-refractivity contribution in [2.24, 2.45) is 0 Å². The first kappa shape index (κ1) is 19.7. The summed E-state index contributed by atoms with van der Waals surface area (Å²) in [6.45, 7) is 6.08. The van der Waals surface area contributed by atoms with E-state index in [9.17, 15) is 4.79 Å². The fourth-order valence-corrected chi connectivity index (χ4v) is 6.11. The average molecular weight is 429 g/mol. The molecule has 0 N–H and O–H groups in total. The number of nitrogens with zero attached hydrogens (tertiary/aromatic N) is 6. The van der Waals surface area contributed by atoms with Gasteiger partial charge in [-0.25, -0.2) is 15.0 Å². The molecule has 2 aromatic heterocycles. The van der Waals surface area contributed by atoms with Gasteiger partial charge in [0.15, 0.2) is 0 Å². The summed E-state index contributed by atoms with van der Waals surface area (Å²) in [6, 6.07) is 0. The van der Waals surface area contributed by atoms with E-state index in [1.165, 1.54) is 23.4 Å². The van der Waals surface area contributed by atoms with Gasteiger partial charge in [-0.3, -0.25) is 4.79 Å². The molecule has 1 amide bonds. The molecule has 1 aliphatic carbocycles. The first-order valence-electron chi connectivity index (χ1n) is 10.9. The van der Waals surface area contributed by atoms with Gasteiger partial charge in [0, 0.05) is 55.0 Å². The molecule has 2 fully saturated rings. The third-order valence-electron chi connectivity index (χ3n) is 6.54. The quantitative estimate of drug-likeness (QED) is 0.472. The lowest BCUT2D eigenvalue weighted by Gasteiger charge is -2.36. The van der Waals surface area contributed by atoms with Gasteiger partial charge in [-0.2, -0.15) is 4.73 Å². The number of rotatable bonds is 8. The van der Waals surface area contributed by atoms with Gasteiger partial charge in [0.1, 0.15) is 30.1 Å². The van der Waals surface area contributed by atoms with E-state index in [1.54, 1.807) is 29.8 Å². The molecule has 0 spiro atoms. The molecular formula is C21H28N6O2S. The minimum atomic E-state index is 0.243. The second-order valence-corrected chi connectivity index (χ2v) is 9.68. The maximum Gasteiger partial charge on any atom is 0.222 e. The van der Waals surface area contributed by atoms with Crippen molar-refractivity contribution in [2.45, 2.75) is 54.7 Å². The minimum Gasteiger partial charge on any atom is -0.413 e. The van der Waals surface area contributed by atoms with Crippen molar-refractivity contribution in [3.63, 3.8) is 0 Å². The topological polar surface area (TPSA) is 76.4 Å². The van der Waals surface area contributed by atoms with Gasteiger partial charge >= 0.3 is 0 Å². The van der Waals surface area contributed by atoms with E-state index in [1.807, 2.05) is 16.7 Å². The second kappa shape index (κ2) is 8.09. The van der Waals surface area contributed by atoms with Crippen molar-refractivity contribution in [1.82, 2.24) is 24.6 Å². The van der Waals surface area contributed by atoms with Crippen molar-refractivity contribution in [3.8, 4) is 0 Å². The molecule has 2 unspecified atom stereocenters. The number of amides is 1. The Balaban J connectivity index is 1.09. The third kappa shape index (κ3) is 3.64. The standard InChI is InChI=1S/C21H28N6O2S/c1-2-21-13-16(21)18-19(23-14-24-20(18)30-21)26-10-8-25(9-11-26)17(28)5-3-4-12-29-27-7-6-22-15-27/h6-7,14-16H,2-5,8-13H2,1H3. The number of carbonyl (C=O) groups is 1. The van der Waals surface area contributed by atoms with Gasteiger partial charge in [0.05, 0.1) is 6.20 Å². The van der Waals surface area contributed by atoms with Crippen LogP contribution in [0.5, 0.6) is 0 Å². The van der Waals surface area contributed by atoms with Gasteiger partial charge in [-0.1, -0.05) is 18.7 Å². The highest BCUT2D eigenvalue weighted by Gasteiger charge is 2.61. The predicted molar refractivity (Wildman–Crippen MR) is 115 cm³/mol. The second-order valence-electron chi connectivity index (χ2n) is 8.27. The molecule has 0 aromatic carbocycles. The van der Waals surface area contributed by atoms with Crippen LogP contribution in [0, 0.1) is 0 Å². The van der Waals surface area contributed by atoms with Crippen LogP contribution in [0.15, 0.2) is 30.1 Å². The Morgan fingerprint density at radius 1 is 1.27 bits per heavy atom. The van der Waals surface area contributed by atoms with E-state index in [2.05, 4.69) is 26.8 Å². The van der Waals surface area contributed by atoms with Crippen molar-refractivity contribution in [1.29, 1.82) is 0 Å². The maximum atomic E-state index is 12.6. The van der Waals surface area contributed by atoms with E-state index in [0.29, 0.717) is 23.7 Å². The highest BCUT2D eigenvalue weighted by Crippen LogP contribution is 2.71. The number of carbonyl (C=O) groups excluding carboxylic acids is 1. The smallest absolute Gasteiger partial charge is 0.222 e. The van der Waals surface area contributed by atoms with Crippen LogP contribution in [0.25, 0.3) is 0 Å². The third-order valence-corrected chi connectivity index (χ3v) is 8.20. The number of fused-ring (bicyclic) bond motifs is 3. The Labute approximate surface area is 181 Å². The van der Waals surface area contributed by atoms with Gasteiger partial charge < -0.3 is 14.6 Å². The SMILES string of the molecule is CCC12CC1c1c(ncnc1N1CCN(C(=O)CCCCOn3ccnc3)CC1)S2. The first-order chi connectivity index (χ1) is 14.7. The van der Waals surface area contributed by atoms with Crippen LogP contribution in [-0.2, 0) is 4.79 Å². The van der Waals surface area contributed by atoms with E-state index in [-0.39, 0.29) is 5.91 Å². The molecule has 4 heterocycles. The van der Waals surface area contributed by atoms with Gasteiger partial charge in [-0.15, -0.1) is 0 Å². The lowest BCUT2D eigenvalue weighted by atomic mass is 10.1. The van der Waals surface area contributed by atoms with E-state index in [0.717, 1.165) is 44.8 Å². The number of unbranched alkanes of at least 4 members (excludes halogenated alkanes) is 1. The molecule has 0 bridgehead atoms. The minimum absolute atomic E-state index is 0.243. The molecular weight excluding hydrogens is 400 g/mol. The molecule has 8 nitrogen and oxygen atoms in total. The summed E-state index contributed by atoms with van der Waals surface area (Å²) in [5.41, 5.74) is 1.36. The Hall–Kier alpha value is -2.29. The van der Waals surface area contributed by atoms with Crippen molar-refractivity contribution in [2.75, 3.05) is 37.7 Å². The van der Waals surface area contributed by atoms with Gasteiger partial charge in [0.2, 0.25) is 5.91 Å². The van der Waals surface area contributed by atoms with Crippen LogP contribution >= 0.6 is 11.8 Å². The van der Waals surface area contributed by atoms with Crippen LogP contribution < -0.4 is 9.74 Å². The molecule has 1 saturated carbocycles. The zero-order chi connectivity index (χ0) is 20.6. The van der Waals surface area contributed by atoms with E-state index in [4.69, 9.17) is 4.84 Å². The summed E-state index contributed by atoms with van der Waals surface area (Å²) < 4.78 is 1.97. The van der Waals surface area contributed by atoms with Crippen molar-refractivity contribution >= 4 is 23.5 Å². The number of aromatic nitrogens is 4. The Bertz CT molecular complexity index is 899. The molecule has 1 saturated heterocycles. The predicted octanol–water partition coefficient (Wildman–Crippen LogP) is 2.36. The van der Waals surface area contributed by atoms with Gasteiger partial charge in [-0.05, 0) is 25.7 Å². The lowest BCUT2D eigenvalue weighted by molar-refractivity contribution is -0.131. The zero-order valence-electron chi connectivity index (χ0n) is 17.4. The summed E-state index contributed by atoms with van der Waals surface area (Å²) >= 11 is 1.95. The van der Waals surface area contributed by atoms with Crippen molar-refractivity contribution < 1.29 is 9.63 Å². The molecule has 30 heavy (non-hydrogen) atoms. The summed E-state index contributed by atoms with van der Waals surface area (Å²) in [5.74, 6) is 1.96. The largest absolute Gasteiger partial charge is 0.413 e. The number of thioether (sulfide) groups is 1. The highest BCUT2D eigenvalue weighted by atomic mass is 32.2. The summed E-state index contributed by atoms with van der Waals surface area (Å²) in [7, 11) is 0. The number of anilines is 1. The zero-order valence-corrected chi connectivity index (χ0v) is 18.2. The van der Waals surface area contributed by atoms with Crippen LogP contribution in [0.4, 0.5) is 5.82 Å². The lowest BCUT2D eigenvalue weighted by Crippen LogP contribution is -2.49. The Morgan fingerprint density at radius 3 is 2.90 bits per heavy atom. The first-order valence-corrected chi connectivity index (χ1v) is 11.7. The maximum absolute atomic E-state index is 12.6. The average Bonchev–Trinajstić information content (AvgIpc) is 3.11. The number of hydrogen-bond donors (Lipinski definition) is 0. The number of piperazine rings is 1. The van der Waals surface area contributed by atoms with Crippen LogP contribution in [0.3, 0.4) is 0 Å². The molecule has 0 radical (unpaired) electrons. The highest BCUT2D eigenvalue weighted by molar-refractivity contribution is 8.01.